The van der Waals surface area contributed by atoms with Gasteiger partial charge in [-0.25, -0.2) is 0 Å². The highest BCUT2D eigenvalue weighted by Crippen LogP contribution is 2.24. The first kappa shape index (κ1) is 13.5. The zero-order chi connectivity index (χ0) is 13.9. The number of hydrogen-bond acceptors (Lipinski definition) is 4. The Morgan fingerprint density at radius 1 is 1.35 bits per heavy atom. The summed E-state index contributed by atoms with van der Waals surface area (Å²) in [7, 11) is 1.98. The molecule has 1 N–H and O–H groups in total. The van der Waals surface area contributed by atoms with Gasteiger partial charge in [-0.2, -0.15) is 0 Å². The number of anilines is 1. The molecule has 0 aliphatic carbocycles. The number of benzene rings is 1. The van der Waals surface area contributed by atoms with E-state index in [2.05, 4.69) is 22.3 Å². The van der Waals surface area contributed by atoms with E-state index in [1.807, 2.05) is 24.1 Å². The molecule has 1 atom stereocenters. The second kappa shape index (κ2) is 5.91. The van der Waals surface area contributed by atoms with Crippen molar-refractivity contribution in [3.05, 3.63) is 29.8 Å². The highest BCUT2D eigenvalue weighted by atomic mass is 16.5. The molecule has 0 spiro atoms. The average Bonchev–Trinajstić information content (AvgIpc) is 2.48. The molecular weight excluding hydrogens is 254 g/mol. The van der Waals surface area contributed by atoms with E-state index in [0.29, 0.717) is 6.54 Å². The van der Waals surface area contributed by atoms with Crippen molar-refractivity contribution in [2.45, 2.75) is 6.10 Å². The molecule has 0 radical (unpaired) electrons. The van der Waals surface area contributed by atoms with Gasteiger partial charge in [-0.05, 0) is 24.7 Å². The van der Waals surface area contributed by atoms with Gasteiger partial charge < -0.3 is 15.0 Å². The van der Waals surface area contributed by atoms with Crippen molar-refractivity contribution >= 4 is 11.6 Å². The summed E-state index contributed by atoms with van der Waals surface area (Å²) < 4.78 is 5.78. The standard InChI is InChI=1S/C15H21N3O2/c1-17-6-7-18(15(19)11-17)13-4-2-3-12(9-13)14-10-16-5-8-20-14/h2-4,9,14,16H,5-8,10-11H2,1H3. The fourth-order valence-electron chi connectivity index (χ4n) is 2.74. The first-order chi connectivity index (χ1) is 9.74. The van der Waals surface area contributed by atoms with Crippen LogP contribution in [0.25, 0.3) is 0 Å². The Balaban J connectivity index is 1.78. The quantitative estimate of drug-likeness (QED) is 0.860. The third kappa shape index (κ3) is 2.85. The lowest BCUT2D eigenvalue weighted by molar-refractivity contribution is -0.120. The maximum Gasteiger partial charge on any atom is 0.241 e. The first-order valence-corrected chi connectivity index (χ1v) is 7.15. The van der Waals surface area contributed by atoms with Crippen LogP contribution in [0.1, 0.15) is 11.7 Å². The number of ether oxygens (including phenoxy) is 1. The molecule has 2 saturated heterocycles. The second-order valence-corrected chi connectivity index (χ2v) is 5.44. The molecule has 2 aliphatic rings. The lowest BCUT2D eigenvalue weighted by Gasteiger charge is -2.33. The number of nitrogens with one attached hydrogen (secondary N) is 1. The summed E-state index contributed by atoms with van der Waals surface area (Å²) in [6.07, 6.45) is 0.0891. The average molecular weight is 275 g/mol. The smallest absolute Gasteiger partial charge is 0.241 e. The summed E-state index contributed by atoms with van der Waals surface area (Å²) in [6, 6.07) is 8.17. The third-order valence-corrected chi connectivity index (χ3v) is 3.89. The van der Waals surface area contributed by atoms with E-state index in [4.69, 9.17) is 4.74 Å². The van der Waals surface area contributed by atoms with Crippen molar-refractivity contribution in [3.8, 4) is 0 Å². The molecule has 1 aromatic carbocycles. The number of morpholine rings is 1. The number of amides is 1. The predicted molar refractivity (Wildman–Crippen MR) is 77.9 cm³/mol. The Kier molecular flexibility index (Phi) is 4.00. The third-order valence-electron chi connectivity index (χ3n) is 3.89. The Bertz CT molecular complexity index is 486. The number of piperazine rings is 1. The molecule has 3 rings (SSSR count). The molecule has 0 saturated carbocycles. The van der Waals surface area contributed by atoms with Gasteiger partial charge in [0.15, 0.2) is 0 Å². The van der Waals surface area contributed by atoms with Gasteiger partial charge in [-0.1, -0.05) is 12.1 Å². The molecule has 108 valence electrons. The van der Waals surface area contributed by atoms with Crippen LogP contribution in [0.4, 0.5) is 5.69 Å². The minimum atomic E-state index is 0.0891. The van der Waals surface area contributed by atoms with Crippen LogP contribution in [0.15, 0.2) is 24.3 Å². The molecule has 2 aliphatic heterocycles. The maximum absolute atomic E-state index is 12.1. The van der Waals surface area contributed by atoms with E-state index < -0.39 is 0 Å². The maximum atomic E-state index is 12.1. The topological polar surface area (TPSA) is 44.8 Å². The summed E-state index contributed by atoms with van der Waals surface area (Å²) in [5.41, 5.74) is 2.12. The highest BCUT2D eigenvalue weighted by molar-refractivity contribution is 5.95. The molecule has 5 heteroatoms. The van der Waals surface area contributed by atoms with Crippen LogP contribution in [-0.2, 0) is 9.53 Å². The Labute approximate surface area is 119 Å². The SMILES string of the molecule is CN1CCN(c2cccc(C3CNCCO3)c2)C(=O)C1. The van der Waals surface area contributed by atoms with E-state index in [1.165, 1.54) is 0 Å². The van der Waals surface area contributed by atoms with Crippen molar-refractivity contribution < 1.29 is 9.53 Å². The molecule has 0 bridgehead atoms. The van der Waals surface area contributed by atoms with Gasteiger partial charge in [0.2, 0.25) is 5.91 Å². The predicted octanol–water partition coefficient (Wildman–Crippen LogP) is 0.626. The van der Waals surface area contributed by atoms with E-state index in [-0.39, 0.29) is 12.0 Å². The van der Waals surface area contributed by atoms with E-state index >= 15 is 0 Å². The van der Waals surface area contributed by atoms with Crippen molar-refractivity contribution in [1.82, 2.24) is 10.2 Å². The lowest BCUT2D eigenvalue weighted by atomic mass is 10.1. The zero-order valence-electron chi connectivity index (χ0n) is 11.8. The summed E-state index contributed by atoms with van der Waals surface area (Å²) in [4.78, 5) is 16.1. The molecule has 20 heavy (non-hydrogen) atoms. The number of nitrogens with zero attached hydrogens (tertiary/aromatic N) is 2. The van der Waals surface area contributed by atoms with Gasteiger partial charge in [0.05, 0.1) is 19.3 Å². The fraction of sp³-hybridized carbons (Fsp3) is 0.533. The van der Waals surface area contributed by atoms with Crippen molar-refractivity contribution in [1.29, 1.82) is 0 Å². The Morgan fingerprint density at radius 3 is 3.00 bits per heavy atom. The number of carbonyl (C=O) groups excluding carboxylic acids is 1. The van der Waals surface area contributed by atoms with Crippen LogP contribution >= 0.6 is 0 Å². The van der Waals surface area contributed by atoms with Crippen molar-refractivity contribution in [2.75, 3.05) is 51.3 Å². The molecule has 1 amide bonds. The fourth-order valence-corrected chi connectivity index (χ4v) is 2.74. The van der Waals surface area contributed by atoms with Crippen LogP contribution in [0.3, 0.4) is 0 Å². The molecular formula is C15H21N3O2. The van der Waals surface area contributed by atoms with Gasteiger partial charge in [-0.15, -0.1) is 0 Å². The van der Waals surface area contributed by atoms with Gasteiger partial charge >= 0.3 is 0 Å². The summed E-state index contributed by atoms with van der Waals surface area (Å²) in [5.74, 6) is 0.165. The summed E-state index contributed by atoms with van der Waals surface area (Å²) in [6.45, 7) is 4.64. The lowest BCUT2D eigenvalue weighted by Crippen LogP contribution is -2.48. The van der Waals surface area contributed by atoms with Gasteiger partial charge in [-0.3, -0.25) is 9.69 Å². The minimum Gasteiger partial charge on any atom is -0.371 e. The number of hydrogen-bond donors (Lipinski definition) is 1. The first-order valence-electron chi connectivity index (χ1n) is 7.15. The summed E-state index contributed by atoms with van der Waals surface area (Å²) >= 11 is 0. The number of rotatable bonds is 2. The zero-order valence-corrected chi connectivity index (χ0v) is 11.8. The van der Waals surface area contributed by atoms with Crippen LogP contribution in [-0.4, -0.2) is 57.2 Å². The minimum absolute atomic E-state index is 0.0891. The van der Waals surface area contributed by atoms with Crippen LogP contribution in [0.2, 0.25) is 0 Å². The molecule has 2 heterocycles. The second-order valence-electron chi connectivity index (χ2n) is 5.44. The van der Waals surface area contributed by atoms with Gasteiger partial charge in [0.1, 0.15) is 0 Å². The van der Waals surface area contributed by atoms with Crippen molar-refractivity contribution in [3.63, 3.8) is 0 Å². The highest BCUT2D eigenvalue weighted by Gasteiger charge is 2.24. The summed E-state index contributed by atoms with van der Waals surface area (Å²) in [5, 5.41) is 3.33. The molecule has 0 aromatic heterocycles. The monoisotopic (exact) mass is 275 g/mol. The van der Waals surface area contributed by atoms with Gasteiger partial charge in [0.25, 0.3) is 0 Å². The van der Waals surface area contributed by atoms with E-state index in [0.717, 1.165) is 44.0 Å². The number of likely N-dealkylation sites (N-methyl/N-ethyl adjacent to an activating group) is 1. The molecule has 5 nitrogen and oxygen atoms in total. The molecule has 2 fully saturated rings. The largest absolute Gasteiger partial charge is 0.371 e. The molecule has 1 aromatic rings. The van der Waals surface area contributed by atoms with Gasteiger partial charge in [0, 0.05) is 31.9 Å². The van der Waals surface area contributed by atoms with Crippen LogP contribution in [0.5, 0.6) is 0 Å². The molecule has 1 unspecified atom stereocenters. The van der Waals surface area contributed by atoms with Crippen LogP contribution in [0, 0.1) is 0 Å². The van der Waals surface area contributed by atoms with E-state index in [9.17, 15) is 4.79 Å². The van der Waals surface area contributed by atoms with Crippen molar-refractivity contribution in [2.24, 2.45) is 0 Å². The van der Waals surface area contributed by atoms with Crippen LogP contribution < -0.4 is 10.2 Å². The van der Waals surface area contributed by atoms with E-state index in [1.54, 1.807) is 0 Å². The normalized spacial score (nSPS) is 24.9. The Morgan fingerprint density at radius 2 is 2.25 bits per heavy atom. The number of carbonyl (C=O) groups is 1. The Hall–Kier alpha value is -1.43.